The minimum Gasteiger partial charge on any atom is -0.294 e. The molecule has 3 atom stereocenters. The van der Waals surface area contributed by atoms with Crippen molar-refractivity contribution < 1.29 is 19.2 Å². The van der Waals surface area contributed by atoms with Gasteiger partial charge in [0, 0.05) is 11.8 Å². The van der Waals surface area contributed by atoms with Gasteiger partial charge in [0.15, 0.2) is 0 Å². The lowest BCUT2D eigenvalue weighted by Gasteiger charge is -2.27. The third kappa shape index (κ3) is 1.28. The third-order valence-electron chi connectivity index (χ3n) is 4.20. The number of nitrogens with one attached hydrogen (secondary N) is 1. The molecule has 3 aliphatic rings. The first-order chi connectivity index (χ1) is 9.59. The summed E-state index contributed by atoms with van der Waals surface area (Å²) in [6.07, 6.45) is 0.551. The lowest BCUT2D eigenvalue weighted by molar-refractivity contribution is -0.137. The fourth-order valence-electron chi connectivity index (χ4n) is 3.12. The molecular formula is C14H10N2O4. The fourth-order valence-corrected chi connectivity index (χ4v) is 3.12. The quantitative estimate of drug-likeness (QED) is 0.725. The van der Waals surface area contributed by atoms with Crippen molar-refractivity contribution in [3.63, 3.8) is 0 Å². The first-order valence-corrected chi connectivity index (χ1v) is 6.41. The molecule has 2 fully saturated rings. The van der Waals surface area contributed by atoms with E-state index in [9.17, 15) is 19.2 Å². The number of benzene rings is 1. The van der Waals surface area contributed by atoms with E-state index >= 15 is 0 Å². The molecule has 1 aliphatic carbocycles. The van der Waals surface area contributed by atoms with Gasteiger partial charge in [-0.25, -0.2) is 0 Å². The molecule has 0 unspecified atom stereocenters. The van der Waals surface area contributed by atoms with Crippen molar-refractivity contribution >= 4 is 23.6 Å². The van der Waals surface area contributed by atoms with Crippen LogP contribution in [0.25, 0.3) is 0 Å². The zero-order valence-electron chi connectivity index (χ0n) is 10.3. The van der Waals surface area contributed by atoms with E-state index < -0.39 is 23.8 Å². The van der Waals surface area contributed by atoms with Crippen molar-refractivity contribution in [1.29, 1.82) is 0 Å². The van der Waals surface area contributed by atoms with E-state index in [1.807, 2.05) is 0 Å². The van der Waals surface area contributed by atoms with Crippen LogP contribution >= 0.6 is 0 Å². The average Bonchev–Trinajstić information content (AvgIpc) is 3.18. The van der Waals surface area contributed by atoms with E-state index in [-0.39, 0.29) is 17.7 Å². The Morgan fingerprint density at radius 3 is 2.15 bits per heavy atom. The minimum atomic E-state index is -0.856. The van der Waals surface area contributed by atoms with Crippen LogP contribution < -0.4 is 5.32 Å². The molecule has 0 spiro atoms. The maximum absolute atomic E-state index is 12.3. The lowest BCUT2D eigenvalue weighted by atomic mass is 10.0. The second-order valence-electron chi connectivity index (χ2n) is 5.33. The SMILES string of the molecule is O=C1NC(=O)[C@@H]2C[C@@H]2[C@@H]1N1C(=O)c2ccccc2C1=O. The van der Waals surface area contributed by atoms with Crippen LogP contribution in [0.5, 0.6) is 0 Å². The monoisotopic (exact) mass is 270 g/mol. The summed E-state index contributed by atoms with van der Waals surface area (Å²) in [6.45, 7) is 0. The van der Waals surface area contributed by atoms with E-state index in [4.69, 9.17) is 0 Å². The van der Waals surface area contributed by atoms with Crippen molar-refractivity contribution in [2.75, 3.05) is 0 Å². The van der Waals surface area contributed by atoms with Crippen LogP contribution in [0.1, 0.15) is 27.1 Å². The molecular weight excluding hydrogens is 260 g/mol. The number of amides is 4. The number of fused-ring (bicyclic) bond motifs is 2. The third-order valence-corrected chi connectivity index (χ3v) is 4.20. The van der Waals surface area contributed by atoms with E-state index in [1.165, 1.54) is 0 Å². The molecule has 1 aromatic carbocycles. The minimum absolute atomic E-state index is 0.224. The zero-order valence-corrected chi connectivity index (χ0v) is 10.3. The van der Waals surface area contributed by atoms with Gasteiger partial charge in [0.1, 0.15) is 6.04 Å². The van der Waals surface area contributed by atoms with Gasteiger partial charge in [-0.2, -0.15) is 0 Å². The van der Waals surface area contributed by atoms with Crippen molar-refractivity contribution in [2.45, 2.75) is 12.5 Å². The molecule has 2 heterocycles. The molecule has 0 aromatic heterocycles. The standard InChI is InChI=1S/C14H10N2O4/c17-11-9-5-8(9)10(12(18)15-11)16-13(19)6-3-1-2-4-7(6)14(16)20/h1-4,8-10H,5H2,(H,15,17,18)/t8-,9+,10-/m0/s1. The number of carbonyl (C=O) groups is 4. The number of carbonyl (C=O) groups excluding carboxylic acids is 4. The Bertz CT molecular complexity index is 661. The van der Waals surface area contributed by atoms with Gasteiger partial charge in [-0.15, -0.1) is 0 Å². The maximum Gasteiger partial charge on any atom is 0.262 e. The van der Waals surface area contributed by atoms with Crippen molar-refractivity contribution in [3.8, 4) is 0 Å². The zero-order chi connectivity index (χ0) is 14.0. The van der Waals surface area contributed by atoms with Crippen LogP contribution in [0.2, 0.25) is 0 Å². The maximum atomic E-state index is 12.3. The summed E-state index contributed by atoms with van der Waals surface area (Å²) in [5.41, 5.74) is 0.638. The van der Waals surface area contributed by atoms with Gasteiger partial charge in [-0.05, 0) is 18.6 Å². The highest BCUT2D eigenvalue weighted by atomic mass is 16.2. The number of imide groups is 2. The normalized spacial score (nSPS) is 31.0. The summed E-state index contributed by atoms with van der Waals surface area (Å²) in [6, 6.07) is 5.65. The van der Waals surface area contributed by atoms with Gasteiger partial charge in [0.25, 0.3) is 11.8 Å². The number of nitrogens with zero attached hydrogens (tertiary/aromatic N) is 1. The van der Waals surface area contributed by atoms with Crippen molar-refractivity contribution in [2.24, 2.45) is 11.8 Å². The van der Waals surface area contributed by atoms with Gasteiger partial charge in [0.2, 0.25) is 11.8 Å². The van der Waals surface area contributed by atoms with Gasteiger partial charge in [-0.1, -0.05) is 12.1 Å². The molecule has 6 nitrogen and oxygen atoms in total. The highest BCUT2D eigenvalue weighted by Crippen LogP contribution is 2.47. The van der Waals surface area contributed by atoms with Crippen LogP contribution in [-0.2, 0) is 9.59 Å². The van der Waals surface area contributed by atoms with Crippen LogP contribution in [0.4, 0.5) is 0 Å². The number of rotatable bonds is 1. The lowest BCUT2D eigenvalue weighted by Crippen LogP contribution is -2.55. The molecule has 100 valence electrons. The van der Waals surface area contributed by atoms with E-state index in [2.05, 4.69) is 5.32 Å². The Labute approximate surface area is 113 Å². The topological polar surface area (TPSA) is 83.6 Å². The van der Waals surface area contributed by atoms with Gasteiger partial charge in [-0.3, -0.25) is 29.4 Å². The molecule has 4 rings (SSSR count). The highest BCUT2D eigenvalue weighted by Gasteiger charge is 2.59. The van der Waals surface area contributed by atoms with Gasteiger partial charge in [0.05, 0.1) is 11.1 Å². The number of hydrogen-bond acceptors (Lipinski definition) is 4. The Balaban J connectivity index is 1.75. The second kappa shape index (κ2) is 3.53. The summed E-state index contributed by atoms with van der Waals surface area (Å²) in [7, 11) is 0. The summed E-state index contributed by atoms with van der Waals surface area (Å²) >= 11 is 0. The largest absolute Gasteiger partial charge is 0.294 e. The molecule has 0 radical (unpaired) electrons. The summed E-state index contributed by atoms with van der Waals surface area (Å²) in [5, 5.41) is 2.24. The van der Waals surface area contributed by atoms with Crippen molar-refractivity contribution in [1.82, 2.24) is 10.2 Å². The first-order valence-electron chi connectivity index (χ1n) is 6.41. The molecule has 6 heteroatoms. The molecule has 0 bridgehead atoms. The summed E-state index contributed by atoms with van der Waals surface area (Å²) in [4.78, 5) is 49.1. The Hall–Kier alpha value is -2.50. The predicted octanol–water partition coefficient (Wildman–Crippen LogP) is -0.0563. The van der Waals surface area contributed by atoms with Crippen LogP contribution in [0.15, 0.2) is 24.3 Å². The van der Waals surface area contributed by atoms with Gasteiger partial charge < -0.3 is 0 Å². The molecule has 2 aliphatic heterocycles. The Morgan fingerprint density at radius 1 is 0.950 bits per heavy atom. The number of hydrogen-bond donors (Lipinski definition) is 1. The summed E-state index contributed by atoms with van der Waals surface area (Å²) < 4.78 is 0. The van der Waals surface area contributed by atoms with Crippen LogP contribution in [0, 0.1) is 11.8 Å². The fraction of sp³-hybridized carbons (Fsp3) is 0.286. The highest BCUT2D eigenvalue weighted by molar-refractivity contribution is 6.23. The van der Waals surface area contributed by atoms with Gasteiger partial charge >= 0.3 is 0 Å². The molecule has 1 aromatic rings. The second-order valence-corrected chi connectivity index (χ2v) is 5.33. The molecule has 1 saturated carbocycles. The average molecular weight is 270 g/mol. The van der Waals surface area contributed by atoms with E-state index in [1.54, 1.807) is 24.3 Å². The predicted molar refractivity (Wildman–Crippen MR) is 65.5 cm³/mol. The first kappa shape index (κ1) is 11.3. The van der Waals surface area contributed by atoms with Crippen LogP contribution in [0.3, 0.4) is 0 Å². The Kier molecular flexibility index (Phi) is 2.00. The van der Waals surface area contributed by atoms with Crippen LogP contribution in [-0.4, -0.2) is 34.6 Å². The smallest absolute Gasteiger partial charge is 0.262 e. The Morgan fingerprint density at radius 2 is 1.55 bits per heavy atom. The molecule has 20 heavy (non-hydrogen) atoms. The number of piperidine rings is 1. The molecule has 4 amide bonds. The van der Waals surface area contributed by atoms with Crippen molar-refractivity contribution in [3.05, 3.63) is 35.4 Å². The molecule has 1 N–H and O–H groups in total. The van der Waals surface area contributed by atoms with E-state index in [0.29, 0.717) is 17.5 Å². The summed E-state index contributed by atoms with van der Waals surface area (Å²) in [5.74, 6) is -2.23. The molecule has 1 saturated heterocycles. The van der Waals surface area contributed by atoms with E-state index in [0.717, 1.165) is 4.90 Å².